The predicted octanol–water partition coefficient (Wildman–Crippen LogP) is 3.72. The van der Waals surface area contributed by atoms with Gasteiger partial charge in [-0.3, -0.25) is 4.79 Å². The normalized spacial score (nSPS) is 13.1. The van der Waals surface area contributed by atoms with Crippen molar-refractivity contribution in [3.05, 3.63) is 88.7 Å². The lowest BCUT2D eigenvalue weighted by Crippen LogP contribution is -2.20. The Labute approximate surface area is 166 Å². The second-order valence-electron chi connectivity index (χ2n) is 6.58. The summed E-state index contributed by atoms with van der Waals surface area (Å²) >= 11 is 0. The Balaban J connectivity index is 1.64. The molecule has 29 heavy (non-hydrogen) atoms. The van der Waals surface area contributed by atoms with Crippen LogP contribution in [0.1, 0.15) is 5.56 Å². The Morgan fingerprint density at radius 1 is 0.897 bits per heavy atom. The minimum atomic E-state index is -0.219. The number of hydrogen-bond donors (Lipinski definition) is 0. The van der Waals surface area contributed by atoms with Gasteiger partial charge in [-0.15, -0.1) is 0 Å². The molecule has 6 nitrogen and oxygen atoms in total. The molecule has 1 aromatic heterocycles. The van der Waals surface area contributed by atoms with Gasteiger partial charge >= 0.3 is 0 Å². The minimum absolute atomic E-state index is 0.219. The van der Waals surface area contributed by atoms with Crippen molar-refractivity contribution in [2.75, 3.05) is 13.2 Å². The standard InChI is InChI=1S/C23H17N3O3/c27-23-18-8-4-5-9-19(18)25-22(17-6-2-1-3-7-17)26(23)24-15-16-10-11-20-21(14-16)29-13-12-28-20/h1-11,14-15H,12-13H2. The Morgan fingerprint density at radius 2 is 1.66 bits per heavy atom. The number of aromatic nitrogens is 2. The van der Waals surface area contributed by atoms with Gasteiger partial charge < -0.3 is 9.47 Å². The maximum absolute atomic E-state index is 13.1. The highest BCUT2D eigenvalue weighted by atomic mass is 16.6. The molecular weight excluding hydrogens is 366 g/mol. The molecule has 2 heterocycles. The number of hydrogen-bond acceptors (Lipinski definition) is 5. The first-order chi connectivity index (χ1) is 14.3. The fourth-order valence-corrected chi connectivity index (χ4v) is 3.27. The second-order valence-corrected chi connectivity index (χ2v) is 6.58. The molecule has 1 aliphatic heterocycles. The lowest BCUT2D eigenvalue weighted by molar-refractivity contribution is 0.171. The zero-order valence-electron chi connectivity index (χ0n) is 15.5. The molecule has 0 radical (unpaired) electrons. The first-order valence-corrected chi connectivity index (χ1v) is 9.31. The molecule has 0 spiro atoms. The van der Waals surface area contributed by atoms with Gasteiger partial charge in [-0.05, 0) is 35.9 Å². The topological polar surface area (TPSA) is 65.7 Å². The van der Waals surface area contributed by atoms with Gasteiger partial charge in [0.15, 0.2) is 17.3 Å². The summed E-state index contributed by atoms with van der Waals surface area (Å²) < 4.78 is 12.5. The van der Waals surface area contributed by atoms with Gasteiger partial charge in [-0.1, -0.05) is 42.5 Å². The summed E-state index contributed by atoms with van der Waals surface area (Å²) in [5.74, 6) is 1.87. The van der Waals surface area contributed by atoms with Crippen molar-refractivity contribution in [3.63, 3.8) is 0 Å². The maximum Gasteiger partial charge on any atom is 0.282 e. The summed E-state index contributed by atoms with van der Waals surface area (Å²) in [6.45, 7) is 1.05. The molecule has 142 valence electrons. The number of para-hydroxylation sites is 1. The summed E-state index contributed by atoms with van der Waals surface area (Å²) in [4.78, 5) is 17.8. The van der Waals surface area contributed by atoms with Crippen LogP contribution in [0.5, 0.6) is 11.5 Å². The number of fused-ring (bicyclic) bond motifs is 2. The summed E-state index contributed by atoms with van der Waals surface area (Å²) in [6, 6.07) is 22.4. The Kier molecular flexibility index (Phi) is 4.29. The van der Waals surface area contributed by atoms with E-state index in [4.69, 9.17) is 14.5 Å². The predicted molar refractivity (Wildman–Crippen MR) is 112 cm³/mol. The van der Waals surface area contributed by atoms with Crippen LogP contribution in [0.4, 0.5) is 0 Å². The molecule has 0 bridgehead atoms. The molecule has 0 saturated heterocycles. The molecule has 3 aromatic carbocycles. The first-order valence-electron chi connectivity index (χ1n) is 9.31. The monoisotopic (exact) mass is 383 g/mol. The van der Waals surface area contributed by atoms with E-state index in [9.17, 15) is 4.79 Å². The number of benzene rings is 3. The van der Waals surface area contributed by atoms with Crippen LogP contribution in [0.15, 0.2) is 82.7 Å². The summed E-state index contributed by atoms with van der Waals surface area (Å²) in [5, 5.41) is 4.99. The van der Waals surface area contributed by atoms with Crippen molar-refractivity contribution in [2.24, 2.45) is 5.10 Å². The average Bonchev–Trinajstić information content (AvgIpc) is 2.79. The van der Waals surface area contributed by atoms with E-state index in [1.165, 1.54) is 4.68 Å². The van der Waals surface area contributed by atoms with Gasteiger partial charge in [-0.25, -0.2) is 4.98 Å². The van der Waals surface area contributed by atoms with Crippen molar-refractivity contribution < 1.29 is 9.47 Å². The highest BCUT2D eigenvalue weighted by Gasteiger charge is 2.13. The zero-order chi connectivity index (χ0) is 19.6. The van der Waals surface area contributed by atoms with Gasteiger partial charge in [0.2, 0.25) is 0 Å². The molecule has 4 aromatic rings. The van der Waals surface area contributed by atoms with E-state index in [0.717, 1.165) is 11.1 Å². The van der Waals surface area contributed by atoms with Gasteiger partial charge in [0.05, 0.1) is 17.1 Å². The molecule has 0 amide bonds. The maximum atomic E-state index is 13.1. The van der Waals surface area contributed by atoms with Crippen LogP contribution in [0.2, 0.25) is 0 Å². The quantitative estimate of drug-likeness (QED) is 0.506. The molecular formula is C23H17N3O3. The van der Waals surface area contributed by atoms with Gasteiger partial charge in [0, 0.05) is 5.56 Å². The van der Waals surface area contributed by atoms with E-state index in [2.05, 4.69) is 5.10 Å². The Hall–Kier alpha value is -3.93. The van der Waals surface area contributed by atoms with Crippen LogP contribution in [0.3, 0.4) is 0 Å². The molecule has 1 aliphatic rings. The summed E-state index contributed by atoms with van der Waals surface area (Å²) in [6.07, 6.45) is 1.63. The third-order valence-corrected chi connectivity index (χ3v) is 4.67. The summed E-state index contributed by atoms with van der Waals surface area (Å²) in [5.41, 5.74) is 2.04. The average molecular weight is 383 g/mol. The van der Waals surface area contributed by atoms with E-state index in [1.807, 2.05) is 66.7 Å². The molecule has 0 unspecified atom stereocenters. The van der Waals surface area contributed by atoms with Crippen molar-refractivity contribution in [1.82, 2.24) is 9.66 Å². The molecule has 0 atom stereocenters. The van der Waals surface area contributed by atoms with E-state index in [1.54, 1.807) is 12.3 Å². The second kappa shape index (κ2) is 7.24. The van der Waals surface area contributed by atoms with Crippen LogP contribution in [-0.2, 0) is 0 Å². The highest BCUT2D eigenvalue weighted by molar-refractivity contribution is 5.82. The molecule has 6 heteroatoms. The van der Waals surface area contributed by atoms with Crippen LogP contribution in [-0.4, -0.2) is 29.1 Å². The third-order valence-electron chi connectivity index (χ3n) is 4.67. The third kappa shape index (κ3) is 3.25. The van der Waals surface area contributed by atoms with Gasteiger partial charge in [0.25, 0.3) is 5.56 Å². The van der Waals surface area contributed by atoms with Gasteiger partial charge in [0.1, 0.15) is 13.2 Å². The molecule has 0 aliphatic carbocycles. The molecule has 0 N–H and O–H groups in total. The molecule has 0 saturated carbocycles. The lowest BCUT2D eigenvalue weighted by Gasteiger charge is -2.18. The number of rotatable bonds is 3. The largest absolute Gasteiger partial charge is 0.486 e. The summed E-state index contributed by atoms with van der Waals surface area (Å²) in [7, 11) is 0. The fourth-order valence-electron chi connectivity index (χ4n) is 3.27. The van der Waals surface area contributed by atoms with Crippen molar-refractivity contribution >= 4 is 17.1 Å². The minimum Gasteiger partial charge on any atom is -0.486 e. The Morgan fingerprint density at radius 3 is 2.52 bits per heavy atom. The zero-order valence-corrected chi connectivity index (χ0v) is 15.5. The van der Waals surface area contributed by atoms with E-state index < -0.39 is 0 Å². The molecule has 0 fully saturated rings. The first kappa shape index (κ1) is 17.2. The fraction of sp³-hybridized carbons (Fsp3) is 0.0870. The van der Waals surface area contributed by atoms with Crippen molar-refractivity contribution in [2.45, 2.75) is 0 Å². The molecule has 5 rings (SSSR count). The van der Waals surface area contributed by atoms with E-state index in [0.29, 0.717) is 41.4 Å². The van der Waals surface area contributed by atoms with E-state index in [-0.39, 0.29) is 5.56 Å². The SMILES string of the molecule is O=c1c2ccccc2nc(-c2ccccc2)n1N=Cc1ccc2c(c1)OCCO2. The number of ether oxygens (including phenoxy) is 2. The Bertz CT molecular complexity index is 1280. The van der Waals surface area contributed by atoms with Crippen molar-refractivity contribution in [3.8, 4) is 22.9 Å². The van der Waals surface area contributed by atoms with Crippen LogP contribution >= 0.6 is 0 Å². The smallest absolute Gasteiger partial charge is 0.282 e. The lowest BCUT2D eigenvalue weighted by atomic mass is 10.2. The number of nitrogens with zero attached hydrogens (tertiary/aromatic N) is 3. The van der Waals surface area contributed by atoms with E-state index >= 15 is 0 Å². The van der Waals surface area contributed by atoms with Crippen LogP contribution in [0.25, 0.3) is 22.3 Å². The van der Waals surface area contributed by atoms with Crippen LogP contribution < -0.4 is 15.0 Å². The van der Waals surface area contributed by atoms with Crippen LogP contribution in [0, 0.1) is 0 Å². The highest BCUT2D eigenvalue weighted by Crippen LogP contribution is 2.30. The van der Waals surface area contributed by atoms with Crippen molar-refractivity contribution in [1.29, 1.82) is 0 Å². The van der Waals surface area contributed by atoms with Gasteiger partial charge in [-0.2, -0.15) is 9.78 Å².